The molecule has 6 nitrogen and oxygen atoms in total. The Labute approximate surface area is 150 Å². The van der Waals surface area contributed by atoms with Crippen LogP contribution in [0.2, 0.25) is 0 Å². The standard InChI is InChI=1S/C18H20N4O2S/c1-9-16(25-18(20-9)21-11(3)23)13-6-14-8-22(10(2)12-4-5-12)17(24)15(14)19-7-13/h6-7,10,12H,4-5,8H2,1-3H3,(H,20,21,23). The number of hydrogen-bond donors (Lipinski definition) is 1. The van der Waals surface area contributed by atoms with E-state index in [2.05, 4.69) is 22.2 Å². The van der Waals surface area contributed by atoms with Crippen LogP contribution < -0.4 is 5.32 Å². The summed E-state index contributed by atoms with van der Waals surface area (Å²) in [5.74, 6) is 0.547. The SMILES string of the molecule is CC(=O)Nc1nc(C)c(-c2cnc3c(c2)CN(C(C)C2CC2)C3=O)s1. The molecule has 1 N–H and O–H groups in total. The van der Waals surface area contributed by atoms with Gasteiger partial charge in [-0.1, -0.05) is 11.3 Å². The van der Waals surface area contributed by atoms with Crippen LogP contribution in [0.15, 0.2) is 12.3 Å². The van der Waals surface area contributed by atoms with Crippen molar-refractivity contribution < 1.29 is 9.59 Å². The van der Waals surface area contributed by atoms with Crippen molar-refractivity contribution in [1.82, 2.24) is 14.9 Å². The number of amides is 2. The predicted octanol–water partition coefficient (Wildman–Crippen LogP) is 3.23. The molecule has 0 radical (unpaired) electrons. The summed E-state index contributed by atoms with van der Waals surface area (Å²) in [5, 5.41) is 3.31. The molecule has 0 saturated heterocycles. The summed E-state index contributed by atoms with van der Waals surface area (Å²) in [6.45, 7) is 6.14. The van der Waals surface area contributed by atoms with Crippen molar-refractivity contribution in [2.75, 3.05) is 5.32 Å². The van der Waals surface area contributed by atoms with E-state index in [1.807, 2.05) is 17.9 Å². The van der Waals surface area contributed by atoms with Crippen molar-refractivity contribution >= 4 is 28.3 Å². The van der Waals surface area contributed by atoms with Gasteiger partial charge in [-0.25, -0.2) is 4.98 Å². The fraction of sp³-hybridized carbons (Fsp3) is 0.444. The van der Waals surface area contributed by atoms with Crippen LogP contribution in [-0.2, 0) is 11.3 Å². The van der Waals surface area contributed by atoms with Crippen LogP contribution in [0.5, 0.6) is 0 Å². The van der Waals surface area contributed by atoms with Gasteiger partial charge in [0.1, 0.15) is 5.69 Å². The van der Waals surface area contributed by atoms with Gasteiger partial charge in [0, 0.05) is 36.8 Å². The monoisotopic (exact) mass is 356 g/mol. The molecule has 1 aliphatic heterocycles. The lowest BCUT2D eigenvalue weighted by molar-refractivity contribution is -0.114. The summed E-state index contributed by atoms with van der Waals surface area (Å²) in [5.41, 5.74) is 3.34. The Balaban J connectivity index is 1.63. The second-order valence-electron chi connectivity index (χ2n) is 6.86. The zero-order valence-corrected chi connectivity index (χ0v) is 15.3. The largest absolute Gasteiger partial charge is 0.330 e. The molecule has 0 bridgehead atoms. The van der Waals surface area contributed by atoms with E-state index < -0.39 is 0 Å². The summed E-state index contributed by atoms with van der Waals surface area (Å²) < 4.78 is 0. The van der Waals surface area contributed by atoms with E-state index in [1.165, 1.54) is 31.1 Å². The third-order valence-electron chi connectivity index (χ3n) is 4.91. The molecule has 1 atom stereocenters. The van der Waals surface area contributed by atoms with E-state index in [0.29, 0.717) is 23.3 Å². The number of fused-ring (bicyclic) bond motifs is 1. The summed E-state index contributed by atoms with van der Waals surface area (Å²) in [6.07, 6.45) is 4.16. The molecule has 2 amide bonds. The normalized spacial score (nSPS) is 17.6. The van der Waals surface area contributed by atoms with E-state index in [-0.39, 0.29) is 17.9 Å². The second kappa shape index (κ2) is 5.91. The third kappa shape index (κ3) is 2.93. The molecule has 2 aliphatic rings. The van der Waals surface area contributed by atoms with Crippen molar-refractivity contribution in [3.8, 4) is 10.4 Å². The molecular formula is C18H20N4O2S. The summed E-state index contributed by atoms with van der Waals surface area (Å²) in [6, 6.07) is 2.32. The molecule has 3 heterocycles. The average molecular weight is 356 g/mol. The molecular weight excluding hydrogens is 336 g/mol. The first kappa shape index (κ1) is 16.2. The van der Waals surface area contributed by atoms with Gasteiger partial charge in [0.25, 0.3) is 5.91 Å². The molecule has 1 aliphatic carbocycles. The highest BCUT2D eigenvalue weighted by Crippen LogP contribution is 2.39. The number of rotatable bonds is 4. The fourth-order valence-electron chi connectivity index (χ4n) is 3.37. The van der Waals surface area contributed by atoms with Gasteiger partial charge in [0.05, 0.1) is 10.6 Å². The van der Waals surface area contributed by atoms with Gasteiger partial charge >= 0.3 is 0 Å². The topological polar surface area (TPSA) is 75.2 Å². The number of nitrogens with one attached hydrogen (secondary N) is 1. The highest BCUT2D eigenvalue weighted by molar-refractivity contribution is 7.19. The first-order chi connectivity index (χ1) is 11.9. The van der Waals surface area contributed by atoms with E-state index in [4.69, 9.17) is 0 Å². The zero-order chi connectivity index (χ0) is 17.7. The minimum absolute atomic E-state index is 0.0425. The Kier molecular flexibility index (Phi) is 3.83. The molecule has 2 aromatic heterocycles. The van der Waals surface area contributed by atoms with Gasteiger partial charge in [-0.2, -0.15) is 0 Å². The average Bonchev–Trinajstić information content (AvgIpc) is 3.28. The van der Waals surface area contributed by atoms with Crippen molar-refractivity contribution in [3.63, 3.8) is 0 Å². The Bertz CT molecular complexity index is 872. The van der Waals surface area contributed by atoms with E-state index in [0.717, 1.165) is 21.7 Å². The maximum absolute atomic E-state index is 12.6. The second-order valence-corrected chi connectivity index (χ2v) is 7.86. The van der Waals surface area contributed by atoms with Crippen LogP contribution in [0.3, 0.4) is 0 Å². The maximum atomic E-state index is 12.6. The van der Waals surface area contributed by atoms with Crippen LogP contribution in [-0.4, -0.2) is 32.7 Å². The van der Waals surface area contributed by atoms with Crippen LogP contribution >= 0.6 is 11.3 Å². The molecule has 0 spiro atoms. The lowest BCUT2D eigenvalue weighted by Crippen LogP contribution is -2.34. The Morgan fingerprint density at radius 3 is 2.88 bits per heavy atom. The van der Waals surface area contributed by atoms with E-state index in [1.54, 1.807) is 6.20 Å². The highest BCUT2D eigenvalue weighted by atomic mass is 32.1. The number of carbonyl (C=O) groups excluding carboxylic acids is 2. The Morgan fingerprint density at radius 1 is 1.44 bits per heavy atom. The number of aromatic nitrogens is 2. The molecule has 130 valence electrons. The number of nitrogens with zero attached hydrogens (tertiary/aromatic N) is 3. The minimum atomic E-state index is -0.136. The third-order valence-corrected chi connectivity index (χ3v) is 6.03. The first-order valence-electron chi connectivity index (χ1n) is 8.49. The summed E-state index contributed by atoms with van der Waals surface area (Å²) in [4.78, 5) is 35.6. The number of pyridine rings is 1. The molecule has 0 aromatic carbocycles. The van der Waals surface area contributed by atoms with Gasteiger partial charge in [0.2, 0.25) is 5.91 Å². The Hall–Kier alpha value is -2.28. The van der Waals surface area contributed by atoms with Gasteiger partial charge < -0.3 is 10.2 Å². The van der Waals surface area contributed by atoms with Crippen molar-refractivity contribution in [3.05, 3.63) is 29.2 Å². The number of thiazole rings is 1. The van der Waals surface area contributed by atoms with Gasteiger partial charge in [-0.15, -0.1) is 0 Å². The lowest BCUT2D eigenvalue weighted by atomic mass is 10.1. The van der Waals surface area contributed by atoms with E-state index >= 15 is 0 Å². The lowest BCUT2D eigenvalue weighted by Gasteiger charge is -2.23. The number of anilines is 1. The van der Waals surface area contributed by atoms with Gasteiger partial charge in [-0.3, -0.25) is 14.6 Å². The van der Waals surface area contributed by atoms with Gasteiger partial charge in [-0.05, 0) is 38.7 Å². The molecule has 2 aromatic rings. The molecule has 4 rings (SSSR count). The number of aryl methyl sites for hydroxylation is 1. The van der Waals surface area contributed by atoms with Crippen molar-refractivity contribution in [2.24, 2.45) is 5.92 Å². The molecule has 1 fully saturated rings. The van der Waals surface area contributed by atoms with Crippen LogP contribution in [0.1, 0.15) is 48.4 Å². The zero-order valence-electron chi connectivity index (χ0n) is 14.5. The van der Waals surface area contributed by atoms with Crippen LogP contribution in [0, 0.1) is 12.8 Å². The summed E-state index contributed by atoms with van der Waals surface area (Å²) >= 11 is 1.43. The molecule has 7 heteroatoms. The predicted molar refractivity (Wildman–Crippen MR) is 96.4 cm³/mol. The smallest absolute Gasteiger partial charge is 0.273 e. The number of hydrogen-bond acceptors (Lipinski definition) is 5. The number of carbonyl (C=O) groups is 2. The van der Waals surface area contributed by atoms with Crippen molar-refractivity contribution in [1.29, 1.82) is 0 Å². The maximum Gasteiger partial charge on any atom is 0.273 e. The quantitative estimate of drug-likeness (QED) is 0.913. The minimum Gasteiger partial charge on any atom is -0.330 e. The Morgan fingerprint density at radius 2 is 2.20 bits per heavy atom. The van der Waals surface area contributed by atoms with Crippen molar-refractivity contribution in [2.45, 2.75) is 46.2 Å². The molecule has 25 heavy (non-hydrogen) atoms. The first-order valence-corrected chi connectivity index (χ1v) is 9.31. The summed E-state index contributed by atoms with van der Waals surface area (Å²) in [7, 11) is 0. The molecule has 1 unspecified atom stereocenters. The van der Waals surface area contributed by atoms with E-state index in [9.17, 15) is 9.59 Å². The molecule has 1 saturated carbocycles. The highest BCUT2D eigenvalue weighted by Gasteiger charge is 2.39. The van der Waals surface area contributed by atoms with Crippen LogP contribution in [0.4, 0.5) is 5.13 Å². The van der Waals surface area contributed by atoms with Gasteiger partial charge in [0.15, 0.2) is 5.13 Å². The van der Waals surface area contributed by atoms with Crippen LogP contribution in [0.25, 0.3) is 10.4 Å². The fourth-order valence-corrected chi connectivity index (χ4v) is 4.36.